The Morgan fingerprint density at radius 1 is 0.967 bits per heavy atom. The van der Waals surface area contributed by atoms with E-state index in [-0.39, 0.29) is 6.42 Å². The fraction of sp³-hybridized carbons (Fsp3) is 0.333. The van der Waals surface area contributed by atoms with Crippen molar-refractivity contribution in [2.75, 3.05) is 16.3 Å². The monoisotopic (exact) mass is 433 g/mol. The van der Waals surface area contributed by atoms with Gasteiger partial charge in [0, 0.05) is 17.8 Å². The molecule has 2 amide bonds. The van der Waals surface area contributed by atoms with Crippen LogP contribution in [0, 0.1) is 0 Å². The van der Waals surface area contributed by atoms with Crippen molar-refractivity contribution in [1.29, 1.82) is 0 Å². The van der Waals surface area contributed by atoms with Crippen molar-refractivity contribution in [2.24, 2.45) is 0 Å². The van der Waals surface area contributed by atoms with Crippen molar-refractivity contribution in [1.82, 2.24) is 5.32 Å². The molecule has 2 rings (SSSR count). The molecule has 0 saturated heterocycles. The number of carbonyl (C=O) groups is 2. The number of hydrogen-bond acceptors (Lipinski definition) is 5. The van der Waals surface area contributed by atoms with Crippen LogP contribution in [0.25, 0.3) is 0 Å². The van der Waals surface area contributed by atoms with Gasteiger partial charge in [0.15, 0.2) is 0 Å². The summed E-state index contributed by atoms with van der Waals surface area (Å²) < 4.78 is 30.2. The predicted octanol–water partition coefficient (Wildman–Crippen LogP) is 3.13. The summed E-state index contributed by atoms with van der Waals surface area (Å²) in [5.74, 6) is -0.423. The average molecular weight is 434 g/mol. The van der Waals surface area contributed by atoms with Gasteiger partial charge in [0.25, 0.3) is 0 Å². The second kappa shape index (κ2) is 9.62. The van der Waals surface area contributed by atoms with Gasteiger partial charge in [-0.2, -0.15) is 0 Å². The number of hydrogen-bond donors (Lipinski definition) is 3. The van der Waals surface area contributed by atoms with Gasteiger partial charge in [-0.05, 0) is 50.6 Å². The molecule has 0 spiro atoms. The van der Waals surface area contributed by atoms with E-state index in [2.05, 4.69) is 15.4 Å². The fourth-order valence-corrected chi connectivity index (χ4v) is 3.14. The maximum Gasteiger partial charge on any atom is 0.408 e. The number of amides is 2. The SMILES string of the molecule is CC(C)(C)OC(=O)NC(Cc1ccccc1)C(=O)Nc1ccc(NS(C)(=O)=O)cc1. The van der Waals surface area contributed by atoms with Gasteiger partial charge in [-0.25, -0.2) is 13.2 Å². The van der Waals surface area contributed by atoms with Crippen LogP contribution >= 0.6 is 0 Å². The normalized spacial score (nSPS) is 12.5. The van der Waals surface area contributed by atoms with E-state index in [0.717, 1.165) is 11.8 Å². The van der Waals surface area contributed by atoms with E-state index in [4.69, 9.17) is 4.74 Å². The molecule has 0 fully saturated rings. The van der Waals surface area contributed by atoms with Gasteiger partial charge < -0.3 is 15.4 Å². The quantitative estimate of drug-likeness (QED) is 0.621. The van der Waals surface area contributed by atoms with Crippen LogP contribution in [0.1, 0.15) is 26.3 Å². The standard InChI is InChI=1S/C21H27N3O5S/c1-21(2,3)29-20(26)23-18(14-15-8-6-5-7-9-15)19(25)22-16-10-12-17(13-11-16)24-30(4,27)28/h5-13,18,24H,14H2,1-4H3,(H,22,25)(H,23,26). The number of carbonyl (C=O) groups excluding carboxylic acids is 2. The van der Waals surface area contributed by atoms with Crippen molar-refractivity contribution in [3.8, 4) is 0 Å². The highest BCUT2D eigenvalue weighted by Crippen LogP contribution is 2.16. The molecule has 8 nitrogen and oxygen atoms in total. The molecule has 0 aromatic heterocycles. The highest BCUT2D eigenvalue weighted by molar-refractivity contribution is 7.92. The van der Waals surface area contributed by atoms with E-state index >= 15 is 0 Å². The van der Waals surface area contributed by atoms with Gasteiger partial charge >= 0.3 is 6.09 Å². The average Bonchev–Trinajstić information content (AvgIpc) is 2.61. The molecule has 0 aliphatic heterocycles. The van der Waals surface area contributed by atoms with E-state index in [0.29, 0.717) is 11.4 Å². The first-order valence-electron chi connectivity index (χ1n) is 9.33. The maximum absolute atomic E-state index is 12.8. The van der Waals surface area contributed by atoms with E-state index in [1.165, 1.54) is 12.1 Å². The van der Waals surface area contributed by atoms with Crippen LogP contribution in [0.2, 0.25) is 0 Å². The minimum absolute atomic E-state index is 0.277. The molecule has 0 aliphatic rings. The van der Waals surface area contributed by atoms with Gasteiger partial charge in [-0.15, -0.1) is 0 Å². The zero-order valence-electron chi connectivity index (χ0n) is 17.4. The molecule has 2 aromatic carbocycles. The van der Waals surface area contributed by atoms with Gasteiger partial charge in [0.2, 0.25) is 15.9 Å². The first-order valence-corrected chi connectivity index (χ1v) is 11.2. The van der Waals surface area contributed by atoms with Crippen LogP contribution in [-0.2, 0) is 26.0 Å². The van der Waals surface area contributed by atoms with Gasteiger partial charge in [-0.3, -0.25) is 9.52 Å². The summed E-state index contributed by atoms with van der Waals surface area (Å²) in [6, 6.07) is 14.6. The van der Waals surface area contributed by atoms with Gasteiger partial charge in [-0.1, -0.05) is 30.3 Å². The van der Waals surface area contributed by atoms with E-state index < -0.39 is 33.7 Å². The summed E-state index contributed by atoms with van der Waals surface area (Å²) in [6.07, 6.45) is 0.644. The van der Waals surface area contributed by atoms with Crippen LogP contribution in [-0.4, -0.2) is 38.3 Å². The lowest BCUT2D eigenvalue weighted by Gasteiger charge is -2.23. The molecular formula is C21H27N3O5S. The number of ether oxygens (including phenoxy) is 1. The Bertz CT molecular complexity index is 968. The maximum atomic E-state index is 12.8. The molecule has 1 atom stereocenters. The summed E-state index contributed by atoms with van der Waals surface area (Å²) in [4.78, 5) is 25.1. The molecule has 0 bridgehead atoms. The Morgan fingerprint density at radius 3 is 2.07 bits per heavy atom. The number of benzene rings is 2. The smallest absolute Gasteiger partial charge is 0.408 e. The number of alkyl carbamates (subject to hydrolysis) is 1. The lowest BCUT2D eigenvalue weighted by molar-refractivity contribution is -0.118. The summed E-state index contributed by atoms with van der Waals surface area (Å²) in [7, 11) is -3.39. The third kappa shape index (κ3) is 8.52. The summed E-state index contributed by atoms with van der Waals surface area (Å²) >= 11 is 0. The molecule has 1 unspecified atom stereocenters. The second-order valence-corrected chi connectivity index (χ2v) is 9.58. The largest absolute Gasteiger partial charge is 0.444 e. The zero-order chi connectivity index (χ0) is 22.4. The molecule has 3 N–H and O–H groups in total. The number of nitrogens with one attached hydrogen (secondary N) is 3. The van der Waals surface area contributed by atoms with Crippen molar-refractivity contribution < 1.29 is 22.7 Å². The van der Waals surface area contributed by atoms with E-state index in [1.807, 2.05) is 30.3 Å². The Kier molecular flexibility index (Phi) is 7.44. The molecule has 0 heterocycles. The lowest BCUT2D eigenvalue weighted by Crippen LogP contribution is -2.47. The third-order valence-corrected chi connectivity index (χ3v) is 4.35. The Labute approximate surface area is 177 Å². The summed E-state index contributed by atoms with van der Waals surface area (Å²) in [5.41, 5.74) is 1.02. The first kappa shape index (κ1) is 23.2. The fourth-order valence-electron chi connectivity index (χ4n) is 2.57. The molecule has 2 aromatic rings. The lowest BCUT2D eigenvalue weighted by atomic mass is 10.1. The third-order valence-electron chi connectivity index (χ3n) is 3.75. The Balaban J connectivity index is 2.12. The highest BCUT2D eigenvalue weighted by atomic mass is 32.2. The zero-order valence-corrected chi connectivity index (χ0v) is 18.2. The molecule has 0 aliphatic carbocycles. The number of sulfonamides is 1. The van der Waals surface area contributed by atoms with Crippen molar-refractivity contribution >= 4 is 33.4 Å². The molecule has 9 heteroatoms. The van der Waals surface area contributed by atoms with Crippen molar-refractivity contribution in [3.05, 3.63) is 60.2 Å². The number of anilines is 2. The Hall–Kier alpha value is -3.07. The molecular weight excluding hydrogens is 406 g/mol. The topological polar surface area (TPSA) is 114 Å². The molecule has 30 heavy (non-hydrogen) atoms. The summed E-state index contributed by atoms with van der Waals surface area (Å²) in [5, 5.41) is 5.35. The second-order valence-electron chi connectivity index (χ2n) is 7.83. The van der Waals surface area contributed by atoms with Crippen molar-refractivity contribution in [2.45, 2.75) is 38.8 Å². The Morgan fingerprint density at radius 2 is 1.53 bits per heavy atom. The minimum Gasteiger partial charge on any atom is -0.444 e. The number of rotatable bonds is 7. The molecule has 0 radical (unpaired) electrons. The predicted molar refractivity (Wildman–Crippen MR) is 117 cm³/mol. The van der Waals surface area contributed by atoms with Crippen LogP contribution in [0.15, 0.2) is 54.6 Å². The highest BCUT2D eigenvalue weighted by Gasteiger charge is 2.25. The molecule has 162 valence electrons. The van der Waals surface area contributed by atoms with Crippen LogP contribution in [0.5, 0.6) is 0 Å². The minimum atomic E-state index is -3.39. The molecule has 0 saturated carbocycles. The van der Waals surface area contributed by atoms with Gasteiger partial charge in [0.05, 0.1) is 6.26 Å². The van der Waals surface area contributed by atoms with Crippen LogP contribution in [0.3, 0.4) is 0 Å². The van der Waals surface area contributed by atoms with Crippen LogP contribution < -0.4 is 15.4 Å². The van der Waals surface area contributed by atoms with Crippen LogP contribution in [0.4, 0.5) is 16.2 Å². The summed E-state index contributed by atoms with van der Waals surface area (Å²) in [6.45, 7) is 5.22. The van der Waals surface area contributed by atoms with Crippen molar-refractivity contribution in [3.63, 3.8) is 0 Å². The first-order chi connectivity index (χ1) is 13.9. The van der Waals surface area contributed by atoms with E-state index in [1.54, 1.807) is 32.9 Å². The van der Waals surface area contributed by atoms with Gasteiger partial charge in [0.1, 0.15) is 11.6 Å². The van der Waals surface area contributed by atoms with E-state index in [9.17, 15) is 18.0 Å².